The van der Waals surface area contributed by atoms with Crippen molar-refractivity contribution >= 4 is 40.1 Å². The third kappa shape index (κ3) is 7.63. The summed E-state index contributed by atoms with van der Waals surface area (Å²) in [5, 5.41) is 6.52. The number of aromatic nitrogens is 2. The molecular weight excluding hydrogens is 537 g/mol. The molecule has 4 rings (SSSR count). The second-order valence-corrected chi connectivity index (χ2v) is 11.1. The summed E-state index contributed by atoms with van der Waals surface area (Å²) >= 11 is 5.95. The van der Waals surface area contributed by atoms with E-state index in [2.05, 4.69) is 25.5 Å². The molecule has 215 valence electrons. The molecule has 1 aliphatic carbocycles. The van der Waals surface area contributed by atoms with Crippen molar-refractivity contribution < 1.29 is 23.4 Å². The van der Waals surface area contributed by atoms with Crippen molar-refractivity contribution in [3.8, 4) is 11.5 Å². The quantitative estimate of drug-likeness (QED) is 0.300. The van der Waals surface area contributed by atoms with Gasteiger partial charge in [-0.25, -0.2) is 19.2 Å². The maximum absolute atomic E-state index is 14.5. The van der Waals surface area contributed by atoms with Gasteiger partial charge in [0.1, 0.15) is 17.7 Å². The van der Waals surface area contributed by atoms with Crippen molar-refractivity contribution in [1.82, 2.24) is 20.2 Å². The molecular formula is C29H36ClFN5O4. The number of halogens is 2. The van der Waals surface area contributed by atoms with Crippen LogP contribution < -0.4 is 20.1 Å². The molecule has 9 nitrogen and oxygen atoms in total. The molecule has 0 aliphatic heterocycles. The van der Waals surface area contributed by atoms with Crippen LogP contribution in [0.1, 0.15) is 46.5 Å². The zero-order chi connectivity index (χ0) is 28.9. The highest BCUT2D eigenvalue weighted by Gasteiger charge is 2.27. The summed E-state index contributed by atoms with van der Waals surface area (Å²) in [5.74, 6) is 1.01. The van der Waals surface area contributed by atoms with Gasteiger partial charge in [-0.1, -0.05) is 17.7 Å². The topological polar surface area (TPSA) is 97.8 Å². The van der Waals surface area contributed by atoms with Gasteiger partial charge in [0.05, 0.1) is 29.4 Å². The number of methoxy groups -OCH3 is 1. The van der Waals surface area contributed by atoms with Crippen LogP contribution in [0.15, 0.2) is 36.7 Å². The van der Waals surface area contributed by atoms with Crippen molar-refractivity contribution in [2.24, 2.45) is 0 Å². The Morgan fingerprint density at radius 1 is 1.18 bits per heavy atom. The second-order valence-electron chi connectivity index (χ2n) is 10.7. The summed E-state index contributed by atoms with van der Waals surface area (Å²) in [6.45, 7) is 6.72. The Balaban J connectivity index is 1.38. The first-order chi connectivity index (χ1) is 19.0. The average Bonchev–Trinajstić information content (AvgIpc) is 2.90. The number of fused-ring (bicyclic) bond motifs is 1. The molecule has 1 amide bonds. The van der Waals surface area contributed by atoms with E-state index in [4.69, 9.17) is 25.8 Å². The normalized spacial score (nSPS) is 14.8. The molecule has 40 heavy (non-hydrogen) atoms. The number of hydrogen-bond acceptors (Lipinski definition) is 8. The molecule has 0 bridgehead atoms. The van der Waals surface area contributed by atoms with Crippen molar-refractivity contribution in [3.63, 3.8) is 0 Å². The SMILES string of the molecule is COc1cc2ncnc(Nc3cccc(Cl)c3F)c2cc1OC1CC[C](N(C)CCNC(=O)OC(C)(C)C)CC1. The van der Waals surface area contributed by atoms with Crippen molar-refractivity contribution in [1.29, 1.82) is 0 Å². The number of likely N-dealkylation sites (N-methyl/N-ethyl adjacent to an activating group) is 1. The third-order valence-electron chi connectivity index (χ3n) is 6.58. The Bertz CT molecular complexity index is 1330. The summed E-state index contributed by atoms with van der Waals surface area (Å²) in [6, 6.07) is 9.68. The van der Waals surface area contributed by atoms with Crippen LogP contribution in [0.3, 0.4) is 0 Å². The van der Waals surface area contributed by atoms with E-state index in [9.17, 15) is 9.18 Å². The lowest BCUT2D eigenvalue weighted by Crippen LogP contribution is -2.39. The summed E-state index contributed by atoms with van der Waals surface area (Å²) in [4.78, 5) is 22.8. The predicted molar refractivity (Wildman–Crippen MR) is 154 cm³/mol. The summed E-state index contributed by atoms with van der Waals surface area (Å²) in [6.07, 6.45) is 4.43. The van der Waals surface area contributed by atoms with Crippen LogP contribution in [0.2, 0.25) is 5.02 Å². The zero-order valence-corrected chi connectivity index (χ0v) is 24.3. The molecule has 0 saturated heterocycles. The Labute approximate surface area is 239 Å². The lowest BCUT2D eigenvalue weighted by molar-refractivity contribution is 0.0522. The predicted octanol–water partition coefficient (Wildman–Crippen LogP) is 6.48. The zero-order valence-electron chi connectivity index (χ0n) is 23.5. The van der Waals surface area contributed by atoms with Crippen molar-refractivity contribution in [2.75, 3.05) is 32.6 Å². The van der Waals surface area contributed by atoms with Gasteiger partial charge in [0, 0.05) is 30.6 Å². The number of anilines is 2. The highest BCUT2D eigenvalue weighted by atomic mass is 35.5. The largest absolute Gasteiger partial charge is 0.493 e. The van der Waals surface area contributed by atoms with Gasteiger partial charge in [0.2, 0.25) is 0 Å². The van der Waals surface area contributed by atoms with E-state index in [1.807, 2.05) is 33.9 Å². The molecule has 0 atom stereocenters. The second kappa shape index (κ2) is 12.9. The molecule has 2 N–H and O–H groups in total. The first kappa shape index (κ1) is 29.6. The first-order valence-electron chi connectivity index (χ1n) is 13.3. The number of hydrogen-bond donors (Lipinski definition) is 2. The number of amides is 1. The minimum absolute atomic E-state index is 0.00481. The summed E-state index contributed by atoms with van der Waals surface area (Å²) in [5.41, 5.74) is 0.326. The van der Waals surface area contributed by atoms with Gasteiger partial charge < -0.3 is 24.8 Å². The Hall–Kier alpha value is -3.37. The maximum Gasteiger partial charge on any atom is 0.407 e. The van der Waals surface area contributed by atoms with Crippen LogP contribution in [0, 0.1) is 11.9 Å². The number of rotatable bonds is 9. The number of carbonyl (C=O) groups excluding carboxylic acids is 1. The van der Waals surface area contributed by atoms with Gasteiger partial charge in [-0.3, -0.25) is 4.90 Å². The number of nitrogens with zero attached hydrogens (tertiary/aromatic N) is 3. The van der Waals surface area contributed by atoms with E-state index in [1.165, 1.54) is 18.4 Å². The Morgan fingerprint density at radius 2 is 1.93 bits per heavy atom. The van der Waals surface area contributed by atoms with Crippen molar-refractivity contribution in [2.45, 2.75) is 58.2 Å². The van der Waals surface area contributed by atoms with E-state index in [1.54, 1.807) is 25.3 Å². The number of carbonyl (C=O) groups is 1. The van der Waals surface area contributed by atoms with Gasteiger partial charge in [0.25, 0.3) is 0 Å². The van der Waals surface area contributed by atoms with E-state index < -0.39 is 17.5 Å². The molecule has 1 saturated carbocycles. The Morgan fingerprint density at radius 3 is 2.62 bits per heavy atom. The molecule has 1 radical (unpaired) electrons. The smallest absolute Gasteiger partial charge is 0.407 e. The van der Waals surface area contributed by atoms with Crippen LogP contribution in [0.4, 0.5) is 20.7 Å². The molecule has 1 aliphatic rings. The molecule has 1 heterocycles. The summed E-state index contributed by atoms with van der Waals surface area (Å²) < 4.78 is 31.8. The van der Waals surface area contributed by atoms with E-state index in [0.29, 0.717) is 41.3 Å². The van der Waals surface area contributed by atoms with Crippen LogP contribution in [-0.4, -0.2) is 59.9 Å². The van der Waals surface area contributed by atoms with Crippen LogP contribution in [0.5, 0.6) is 11.5 Å². The fourth-order valence-electron chi connectivity index (χ4n) is 4.54. The molecule has 1 aromatic heterocycles. The van der Waals surface area contributed by atoms with E-state index in [-0.39, 0.29) is 16.8 Å². The fraction of sp³-hybridized carbons (Fsp3) is 0.448. The molecule has 0 unspecified atom stereocenters. The minimum atomic E-state index is -0.555. The van der Waals surface area contributed by atoms with Crippen LogP contribution in [-0.2, 0) is 4.74 Å². The van der Waals surface area contributed by atoms with Gasteiger partial charge in [0.15, 0.2) is 17.3 Å². The number of alkyl carbamates (subject to hydrolysis) is 1. The van der Waals surface area contributed by atoms with Gasteiger partial charge in [-0.2, -0.15) is 0 Å². The minimum Gasteiger partial charge on any atom is -0.493 e. The number of nitrogens with one attached hydrogen (secondary N) is 2. The molecule has 11 heteroatoms. The Kier molecular flexibility index (Phi) is 9.52. The first-order valence-corrected chi connectivity index (χ1v) is 13.6. The maximum atomic E-state index is 14.5. The molecule has 0 spiro atoms. The molecule has 2 aromatic carbocycles. The third-order valence-corrected chi connectivity index (χ3v) is 6.88. The van der Waals surface area contributed by atoms with Gasteiger partial charge >= 0.3 is 6.09 Å². The van der Waals surface area contributed by atoms with Crippen LogP contribution >= 0.6 is 11.6 Å². The van der Waals surface area contributed by atoms with Crippen molar-refractivity contribution in [3.05, 3.63) is 53.5 Å². The lowest BCUT2D eigenvalue weighted by atomic mass is 9.92. The highest BCUT2D eigenvalue weighted by molar-refractivity contribution is 6.31. The molecule has 1 fully saturated rings. The lowest BCUT2D eigenvalue weighted by Gasteiger charge is -2.34. The van der Waals surface area contributed by atoms with E-state index >= 15 is 0 Å². The van der Waals surface area contributed by atoms with Gasteiger partial charge in [-0.15, -0.1) is 0 Å². The average molecular weight is 573 g/mol. The number of benzene rings is 2. The summed E-state index contributed by atoms with van der Waals surface area (Å²) in [7, 11) is 3.62. The fourth-order valence-corrected chi connectivity index (χ4v) is 4.72. The van der Waals surface area contributed by atoms with Crippen LogP contribution in [0.25, 0.3) is 10.9 Å². The highest BCUT2D eigenvalue weighted by Crippen LogP contribution is 2.38. The van der Waals surface area contributed by atoms with Gasteiger partial charge in [-0.05, 0) is 71.7 Å². The number of ether oxygens (including phenoxy) is 3. The molecule has 3 aromatic rings. The standard InChI is InChI=1S/C29H36ClFN5O4/c1-29(2,3)40-28(37)32-13-14-36(4)18-9-11-19(12-10-18)39-25-15-20-23(16-24(25)38-5)33-17-34-27(20)35-22-8-6-7-21(30)26(22)31/h6-8,15-17,19H,9-14H2,1-5H3,(H,32,37)(H,33,34,35). The monoisotopic (exact) mass is 572 g/mol. The van der Waals surface area contributed by atoms with E-state index in [0.717, 1.165) is 25.7 Å².